The molecule has 1 amide bonds. The van der Waals surface area contributed by atoms with E-state index in [2.05, 4.69) is 30.1 Å². The molecule has 1 aliphatic rings. The highest BCUT2D eigenvalue weighted by atomic mass is 35.5. The summed E-state index contributed by atoms with van der Waals surface area (Å²) < 4.78 is 16.9. The van der Waals surface area contributed by atoms with Crippen molar-refractivity contribution in [1.29, 1.82) is 0 Å². The highest BCUT2D eigenvalue weighted by Gasteiger charge is 2.22. The molecule has 170 valence electrons. The molecule has 1 aromatic carbocycles. The van der Waals surface area contributed by atoms with E-state index in [1.54, 1.807) is 35.7 Å². The van der Waals surface area contributed by atoms with E-state index in [1.165, 1.54) is 12.5 Å². The Hall–Kier alpha value is -3.50. The second-order valence-corrected chi connectivity index (χ2v) is 8.24. The molecule has 33 heavy (non-hydrogen) atoms. The molecular formula is C22H21ClFN7O2. The Morgan fingerprint density at radius 3 is 2.70 bits per heavy atom. The molecule has 9 nitrogen and oxygen atoms in total. The molecule has 4 aromatic rings. The van der Waals surface area contributed by atoms with E-state index in [0.717, 1.165) is 5.69 Å². The summed E-state index contributed by atoms with van der Waals surface area (Å²) in [5, 5.41) is 2.81. The average Bonchev–Trinajstić information content (AvgIpc) is 3.32. The highest BCUT2D eigenvalue weighted by Crippen LogP contribution is 2.26. The third kappa shape index (κ3) is 3.81. The second kappa shape index (κ2) is 8.45. The number of H-pyrrole nitrogens is 1. The summed E-state index contributed by atoms with van der Waals surface area (Å²) in [6, 6.07) is 6.99. The van der Waals surface area contributed by atoms with Crippen LogP contribution in [0.25, 0.3) is 16.6 Å². The summed E-state index contributed by atoms with van der Waals surface area (Å²) >= 11 is 6.32. The Balaban J connectivity index is 1.31. The van der Waals surface area contributed by atoms with Gasteiger partial charge in [0.25, 0.3) is 11.5 Å². The molecule has 5 rings (SSSR count). The number of imidazole rings is 1. The Bertz CT molecular complexity index is 1430. The molecule has 0 saturated carbocycles. The number of carbonyl (C=O) groups excluding carboxylic acids is 1. The maximum Gasteiger partial charge on any atom is 0.274 e. The summed E-state index contributed by atoms with van der Waals surface area (Å²) in [5.41, 5.74) is 2.29. The van der Waals surface area contributed by atoms with Crippen molar-refractivity contribution in [3.05, 3.63) is 69.4 Å². The van der Waals surface area contributed by atoms with Gasteiger partial charge >= 0.3 is 0 Å². The van der Waals surface area contributed by atoms with Gasteiger partial charge in [0.2, 0.25) is 0 Å². The van der Waals surface area contributed by atoms with E-state index in [-0.39, 0.29) is 27.8 Å². The zero-order valence-corrected chi connectivity index (χ0v) is 18.6. The van der Waals surface area contributed by atoms with Gasteiger partial charge in [0.15, 0.2) is 11.0 Å². The number of piperazine rings is 1. The normalized spacial score (nSPS) is 14.8. The van der Waals surface area contributed by atoms with Crippen LogP contribution >= 0.6 is 11.6 Å². The zero-order chi connectivity index (χ0) is 23.1. The fourth-order valence-corrected chi connectivity index (χ4v) is 4.46. The van der Waals surface area contributed by atoms with Crippen molar-refractivity contribution < 1.29 is 9.18 Å². The number of hydrogen-bond donors (Lipinski definition) is 2. The van der Waals surface area contributed by atoms with Crippen molar-refractivity contribution in [2.45, 2.75) is 6.54 Å². The van der Waals surface area contributed by atoms with Gasteiger partial charge in [-0.2, -0.15) is 0 Å². The first kappa shape index (κ1) is 21.4. The minimum atomic E-state index is -0.431. The number of amides is 1. The van der Waals surface area contributed by atoms with E-state index in [0.29, 0.717) is 49.3 Å². The summed E-state index contributed by atoms with van der Waals surface area (Å²) in [7, 11) is 1.54. The molecule has 0 radical (unpaired) electrons. The van der Waals surface area contributed by atoms with Gasteiger partial charge in [-0.15, -0.1) is 0 Å². The molecule has 2 N–H and O–H groups in total. The van der Waals surface area contributed by atoms with Crippen LogP contribution in [0.1, 0.15) is 16.1 Å². The second-order valence-electron chi connectivity index (χ2n) is 7.88. The number of nitrogens with one attached hydrogen (secondary N) is 2. The van der Waals surface area contributed by atoms with Crippen LogP contribution in [0, 0.1) is 5.82 Å². The number of fused-ring (bicyclic) bond motifs is 3. The summed E-state index contributed by atoms with van der Waals surface area (Å²) in [4.78, 5) is 39.1. The number of nitrogens with zero attached hydrogens (tertiary/aromatic N) is 5. The number of rotatable bonds is 4. The van der Waals surface area contributed by atoms with E-state index < -0.39 is 5.82 Å². The SMILES string of the molecule is CNC(=O)c1ccc(N2CCN(Cc3ccc4c([nH]c(=O)c5cncn54)c3F)CC2)c(Cl)n1. The van der Waals surface area contributed by atoms with Gasteiger partial charge in [-0.3, -0.25) is 18.9 Å². The Labute approximate surface area is 192 Å². The maximum absolute atomic E-state index is 15.3. The summed E-state index contributed by atoms with van der Waals surface area (Å²) in [6.45, 7) is 3.18. The molecule has 1 aliphatic heterocycles. The van der Waals surface area contributed by atoms with Crippen LogP contribution in [-0.2, 0) is 6.54 Å². The van der Waals surface area contributed by atoms with E-state index in [9.17, 15) is 9.59 Å². The van der Waals surface area contributed by atoms with Crippen molar-refractivity contribution in [3.63, 3.8) is 0 Å². The fraction of sp³-hybridized carbons (Fsp3) is 0.273. The maximum atomic E-state index is 15.3. The first-order valence-electron chi connectivity index (χ1n) is 10.5. The van der Waals surface area contributed by atoms with Crippen LogP contribution < -0.4 is 15.8 Å². The minimum absolute atomic E-state index is 0.177. The predicted molar refractivity (Wildman–Crippen MR) is 123 cm³/mol. The topological polar surface area (TPSA) is 98.6 Å². The van der Waals surface area contributed by atoms with Gasteiger partial charge in [0.1, 0.15) is 16.7 Å². The molecule has 1 fully saturated rings. The lowest BCUT2D eigenvalue weighted by Crippen LogP contribution is -2.46. The first-order valence-corrected chi connectivity index (χ1v) is 10.9. The highest BCUT2D eigenvalue weighted by molar-refractivity contribution is 6.32. The lowest BCUT2D eigenvalue weighted by Gasteiger charge is -2.36. The standard InChI is InChI=1S/C22H21ClFN7O2/c1-25-21(32)14-3-5-16(20(23)27-14)30-8-6-29(7-9-30)11-13-2-4-15-19(18(13)24)28-22(33)17-10-26-12-31(15)17/h2-5,10,12H,6-9,11H2,1H3,(H,25,32)(H,28,33). The van der Waals surface area contributed by atoms with E-state index in [4.69, 9.17) is 11.6 Å². The van der Waals surface area contributed by atoms with Crippen molar-refractivity contribution >= 4 is 39.7 Å². The van der Waals surface area contributed by atoms with Crippen LogP contribution in [-0.4, -0.2) is 63.4 Å². The number of carbonyl (C=O) groups is 1. The van der Waals surface area contributed by atoms with Gasteiger partial charge in [-0.25, -0.2) is 14.4 Å². The predicted octanol–water partition coefficient (Wildman–Crippen LogP) is 2.05. The van der Waals surface area contributed by atoms with Crippen LogP contribution in [0.4, 0.5) is 10.1 Å². The number of halogens is 2. The number of hydrogen-bond acceptors (Lipinski definition) is 6. The Kier molecular flexibility index (Phi) is 5.47. The molecule has 0 bridgehead atoms. The molecule has 0 spiro atoms. The van der Waals surface area contributed by atoms with Crippen LogP contribution in [0.15, 0.2) is 41.6 Å². The molecule has 0 atom stereocenters. The summed E-state index contributed by atoms with van der Waals surface area (Å²) in [6.07, 6.45) is 2.96. The Morgan fingerprint density at radius 2 is 1.97 bits per heavy atom. The molecule has 4 heterocycles. The minimum Gasteiger partial charge on any atom is -0.366 e. The average molecular weight is 470 g/mol. The molecule has 0 unspecified atom stereocenters. The monoisotopic (exact) mass is 469 g/mol. The molecular weight excluding hydrogens is 449 g/mol. The third-order valence-corrected chi connectivity index (χ3v) is 6.24. The summed E-state index contributed by atoms with van der Waals surface area (Å²) in [5.74, 6) is -0.722. The van der Waals surface area contributed by atoms with Crippen LogP contribution in [0.2, 0.25) is 5.15 Å². The lowest BCUT2D eigenvalue weighted by atomic mass is 10.1. The number of aromatic nitrogens is 4. The number of pyridine rings is 1. The van der Waals surface area contributed by atoms with Crippen molar-refractivity contribution in [3.8, 4) is 0 Å². The van der Waals surface area contributed by atoms with Crippen molar-refractivity contribution in [1.82, 2.24) is 29.6 Å². The molecule has 11 heteroatoms. The van der Waals surface area contributed by atoms with Crippen LogP contribution in [0.3, 0.4) is 0 Å². The van der Waals surface area contributed by atoms with Gasteiger partial charge < -0.3 is 15.2 Å². The van der Waals surface area contributed by atoms with E-state index >= 15 is 4.39 Å². The van der Waals surface area contributed by atoms with Gasteiger partial charge in [0.05, 0.1) is 23.7 Å². The van der Waals surface area contributed by atoms with Gasteiger partial charge in [0, 0.05) is 45.3 Å². The fourth-order valence-electron chi connectivity index (χ4n) is 4.19. The first-order chi connectivity index (χ1) is 16.0. The molecule has 3 aromatic heterocycles. The largest absolute Gasteiger partial charge is 0.366 e. The molecule has 0 aliphatic carbocycles. The van der Waals surface area contributed by atoms with E-state index in [1.807, 2.05) is 0 Å². The van der Waals surface area contributed by atoms with Gasteiger partial charge in [-0.1, -0.05) is 17.7 Å². The van der Waals surface area contributed by atoms with Gasteiger partial charge in [-0.05, 0) is 18.2 Å². The smallest absolute Gasteiger partial charge is 0.274 e. The molecule has 1 saturated heterocycles. The number of anilines is 1. The van der Waals surface area contributed by atoms with Crippen molar-refractivity contribution in [2.24, 2.45) is 0 Å². The number of aromatic amines is 1. The Morgan fingerprint density at radius 1 is 1.18 bits per heavy atom. The third-order valence-electron chi connectivity index (χ3n) is 5.96. The zero-order valence-electron chi connectivity index (χ0n) is 17.8. The lowest BCUT2D eigenvalue weighted by molar-refractivity contribution is 0.0958. The van der Waals surface area contributed by atoms with Crippen LogP contribution in [0.5, 0.6) is 0 Å². The number of benzene rings is 1. The van der Waals surface area contributed by atoms with Crippen molar-refractivity contribution in [2.75, 3.05) is 38.1 Å². The quantitative estimate of drug-likeness (QED) is 0.444.